The smallest absolute Gasteiger partial charge is 0.291 e. The van der Waals surface area contributed by atoms with Crippen molar-refractivity contribution in [3.63, 3.8) is 0 Å². The SMILES string of the molecule is COc1ccc(OC)c([C@@H](c2cc(C)sc2NC(=O)c2ccco2)N2CCOCC2)c1. The van der Waals surface area contributed by atoms with Crippen LogP contribution in [-0.2, 0) is 4.74 Å². The van der Waals surface area contributed by atoms with E-state index in [9.17, 15) is 4.79 Å². The number of furan rings is 1. The molecule has 1 amide bonds. The van der Waals surface area contributed by atoms with Gasteiger partial charge in [-0.2, -0.15) is 0 Å². The third kappa shape index (κ3) is 4.61. The second-order valence-corrected chi connectivity index (χ2v) is 8.49. The van der Waals surface area contributed by atoms with Crippen molar-refractivity contribution in [3.8, 4) is 11.5 Å². The molecule has 8 heteroatoms. The number of carbonyl (C=O) groups excluding carboxylic acids is 1. The number of amides is 1. The number of ether oxygens (including phenoxy) is 3. The number of rotatable bonds is 7. The van der Waals surface area contributed by atoms with Gasteiger partial charge in [0.05, 0.1) is 39.7 Å². The monoisotopic (exact) mass is 442 g/mol. The minimum Gasteiger partial charge on any atom is -0.497 e. The second-order valence-electron chi connectivity index (χ2n) is 7.23. The van der Waals surface area contributed by atoms with Gasteiger partial charge in [-0.1, -0.05) is 0 Å². The highest BCUT2D eigenvalue weighted by atomic mass is 32.1. The van der Waals surface area contributed by atoms with Gasteiger partial charge in [0, 0.05) is 29.1 Å². The van der Waals surface area contributed by atoms with Gasteiger partial charge >= 0.3 is 0 Å². The van der Waals surface area contributed by atoms with Crippen molar-refractivity contribution >= 4 is 22.2 Å². The van der Waals surface area contributed by atoms with Crippen molar-refractivity contribution < 1.29 is 23.4 Å². The summed E-state index contributed by atoms with van der Waals surface area (Å²) in [6, 6.07) is 11.2. The summed E-state index contributed by atoms with van der Waals surface area (Å²) < 4.78 is 22.1. The van der Waals surface area contributed by atoms with Crippen molar-refractivity contribution in [2.24, 2.45) is 0 Å². The van der Waals surface area contributed by atoms with Crippen LogP contribution in [-0.4, -0.2) is 51.3 Å². The number of hydrogen-bond donors (Lipinski definition) is 1. The summed E-state index contributed by atoms with van der Waals surface area (Å²) in [4.78, 5) is 16.2. The largest absolute Gasteiger partial charge is 0.497 e. The Labute approximate surface area is 185 Å². The molecule has 1 aliphatic heterocycles. The van der Waals surface area contributed by atoms with Crippen LogP contribution in [0.15, 0.2) is 47.1 Å². The first kappa shape index (κ1) is 21.4. The summed E-state index contributed by atoms with van der Waals surface area (Å²) in [6.45, 7) is 4.88. The number of nitrogens with zero attached hydrogens (tertiary/aromatic N) is 1. The van der Waals surface area contributed by atoms with Gasteiger partial charge in [-0.25, -0.2) is 0 Å². The van der Waals surface area contributed by atoms with E-state index in [1.807, 2.05) is 25.1 Å². The molecule has 0 saturated carbocycles. The Hall–Kier alpha value is -2.81. The lowest BCUT2D eigenvalue weighted by Gasteiger charge is -2.35. The lowest BCUT2D eigenvalue weighted by molar-refractivity contribution is 0.0237. The van der Waals surface area contributed by atoms with Crippen LogP contribution in [0.25, 0.3) is 0 Å². The zero-order chi connectivity index (χ0) is 21.8. The van der Waals surface area contributed by atoms with E-state index in [2.05, 4.69) is 16.3 Å². The minimum absolute atomic E-state index is 0.134. The van der Waals surface area contributed by atoms with Crippen LogP contribution in [0.1, 0.15) is 32.6 Å². The van der Waals surface area contributed by atoms with Crippen LogP contribution >= 0.6 is 11.3 Å². The van der Waals surface area contributed by atoms with E-state index >= 15 is 0 Å². The Morgan fingerprint density at radius 3 is 2.61 bits per heavy atom. The highest BCUT2D eigenvalue weighted by molar-refractivity contribution is 7.16. The van der Waals surface area contributed by atoms with Crippen LogP contribution < -0.4 is 14.8 Å². The van der Waals surface area contributed by atoms with E-state index in [4.69, 9.17) is 18.6 Å². The summed E-state index contributed by atoms with van der Waals surface area (Å²) >= 11 is 1.55. The van der Waals surface area contributed by atoms with E-state index in [0.29, 0.717) is 13.2 Å². The Morgan fingerprint density at radius 2 is 1.94 bits per heavy atom. The molecule has 1 N–H and O–H groups in total. The lowest BCUT2D eigenvalue weighted by Crippen LogP contribution is -2.39. The number of aryl methyl sites for hydroxylation is 1. The molecule has 0 spiro atoms. The highest BCUT2D eigenvalue weighted by Gasteiger charge is 2.31. The van der Waals surface area contributed by atoms with Gasteiger partial charge in [0.25, 0.3) is 5.91 Å². The molecule has 164 valence electrons. The molecule has 1 aromatic carbocycles. The average Bonchev–Trinajstić information content (AvgIpc) is 3.45. The Morgan fingerprint density at radius 1 is 1.13 bits per heavy atom. The fraction of sp³-hybridized carbons (Fsp3) is 0.348. The molecule has 3 aromatic rings. The average molecular weight is 443 g/mol. The van der Waals surface area contributed by atoms with Crippen molar-refractivity contribution in [2.75, 3.05) is 45.8 Å². The Kier molecular flexibility index (Phi) is 6.60. The zero-order valence-corrected chi connectivity index (χ0v) is 18.7. The number of thiophene rings is 1. The standard InChI is InChI=1S/C23H26N2O5S/c1-15-13-18(23(31-15)24-22(26)20-5-4-10-30-20)21(25-8-11-29-12-9-25)17-14-16(27-2)6-7-19(17)28-3/h4-7,10,13-14,21H,8-9,11-12H2,1-3H3,(H,24,26)/t21-/m0/s1. The predicted octanol–water partition coefficient (Wildman–Crippen LogP) is 4.34. The maximum Gasteiger partial charge on any atom is 0.291 e. The quantitative estimate of drug-likeness (QED) is 0.587. The van der Waals surface area contributed by atoms with Crippen LogP contribution in [0, 0.1) is 6.92 Å². The molecular formula is C23H26N2O5S. The van der Waals surface area contributed by atoms with Gasteiger partial charge in [0.1, 0.15) is 16.5 Å². The number of carbonyl (C=O) groups is 1. The van der Waals surface area contributed by atoms with Crippen LogP contribution in [0.4, 0.5) is 5.00 Å². The summed E-state index contributed by atoms with van der Waals surface area (Å²) in [7, 11) is 3.32. The van der Waals surface area contributed by atoms with Crippen molar-refractivity contribution in [1.29, 1.82) is 0 Å². The first-order valence-corrected chi connectivity index (χ1v) is 10.9. The maximum absolute atomic E-state index is 12.7. The molecule has 0 radical (unpaired) electrons. The van der Waals surface area contributed by atoms with Gasteiger partial charge < -0.3 is 23.9 Å². The fourth-order valence-corrected chi connectivity index (χ4v) is 4.80. The molecule has 0 unspecified atom stereocenters. The summed E-state index contributed by atoms with van der Waals surface area (Å²) in [5.41, 5.74) is 1.99. The van der Waals surface area contributed by atoms with Crippen molar-refractivity contribution in [2.45, 2.75) is 13.0 Å². The van der Waals surface area contributed by atoms with Crippen molar-refractivity contribution in [3.05, 3.63) is 64.4 Å². The number of morpholine rings is 1. The summed E-state index contributed by atoms with van der Waals surface area (Å²) in [6.07, 6.45) is 1.49. The Balaban J connectivity index is 1.79. The minimum atomic E-state index is -0.272. The molecule has 7 nitrogen and oxygen atoms in total. The van der Waals surface area contributed by atoms with Gasteiger partial charge in [-0.05, 0) is 43.3 Å². The topological polar surface area (TPSA) is 73.2 Å². The Bertz CT molecular complexity index is 1020. The maximum atomic E-state index is 12.7. The second kappa shape index (κ2) is 9.55. The molecular weight excluding hydrogens is 416 g/mol. The first-order valence-electron chi connectivity index (χ1n) is 10.1. The van der Waals surface area contributed by atoms with Crippen LogP contribution in [0.2, 0.25) is 0 Å². The first-order chi connectivity index (χ1) is 15.1. The van der Waals surface area contributed by atoms with Gasteiger partial charge in [0.2, 0.25) is 0 Å². The zero-order valence-electron chi connectivity index (χ0n) is 17.8. The van der Waals surface area contributed by atoms with E-state index in [1.54, 1.807) is 37.7 Å². The molecule has 31 heavy (non-hydrogen) atoms. The molecule has 0 aliphatic carbocycles. The van der Waals surface area contributed by atoms with Crippen LogP contribution in [0.3, 0.4) is 0 Å². The summed E-state index contributed by atoms with van der Waals surface area (Å²) in [5.74, 6) is 1.52. The molecule has 1 saturated heterocycles. The third-order valence-corrected chi connectivity index (χ3v) is 6.27. The normalized spacial score (nSPS) is 15.5. The number of hydrogen-bond acceptors (Lipinski definition) is 7. The lowest BCUT2D eigenvalue weighted by atomic mass is 9.96. The molecule has 2 aromatic heterocycles. The molecule has 1 aliphatic rings. The third-order valence-electron chi connectivity index (χ3n) is 5.29. The van der Waals surface area contributed by atoms with E-state index in [1.165, 1.54) is 6.26 Å². The van der Waals surface area contributed by atoms with Crippen molar-refractivity contribution in [1.82, 2.24) is 4.90 Å². The predicted molar refractivity (Wildman–Crippen MR) is 119 cm³/mol. The fourth-order valence-electron chi connectivity index (χ4n) is 3.86. The highest BCUT2D eigenvalue weighted by Crippen LogP contribution is 2.43. The van der Waals surface area contributed by atoms with E-state index < -0.39 is 0 Å². The molecule has 1 fully saturated rings. The number of methoxy groups -OCH3 is 2. The van der Waals surface area contributed by atoms with Gasteiger partial charge in [-0.15, -0.1) is 11.3 Å². The molecule has 4 rings (SSSR count). The number of nitrogens with one attached hydrogen (secondary N) is 1. The van der Waals surface area contributed by atoms with Gasteiger partial charge in [0.15, 0.2) is 5.76 Å². The molecule has 3 heterocycles. The van der Waals surface area contributed by atoms with E-state index in [0.717, 1.165) is 45.6 Å². The number of anilines is 1. The molecule has 1 atom stereocenters. The van der Waals surface area contributed by atoms with Crippen LogP contribution in [0.5, 0.6) is 11.5 Å². The van der Waals surface area contributed by atoms with E-state index in [-0.39, 0.29) is 17.7 Å². The summed E-state index contributed by atoms with van der Waals surface area (Å²) in [5, 5.41) is 3.84. The van der Waals surface area contributed by atoms with Gasteiger partial charge in [-0.3, -0.25) is 9.69 Å². The number of benzene rings is 1. The molecule has 0 bridgehead atoms.